The lowest BCUT2D eigenvalue weighted by molar-refractivity contribution is 0.102. The molecule has 0 aromatic carbocycles. The van der Waals surface area contributed by atoms with Crippen molar-refractivity contribution in [2.75, 3.05) is 23.3 Å². The van der Waals surface area contributed by atoms with E-state index in [1.54, 1.807) is 41.6 Å². The average molecular weight is 372 g/mol. The molecule has 0 saturated heterocycles. The van der Waals surface area contributed by atoms with Crippen molar-refractivity contribution >= 4 is 29.1 Å². The van der Waals surface area contributed by atoms with Gasteiger partial charge in [-0.15, -0.1) is 0 Å². The molecule has 0 radical (unpaired) electrons. The first-order chi connectivity index (χ1) is 12.6. The molecule has 134 valence electrons. The standard InChI is InChI=1S/C17H18ClN7O/c1-3-24(4-2)17-21-10-13(18)15(23-17)16(26)22-12-5-6-14(20-9-12)25-8-7-19-11-25/h5-11H,3-4H2,1-2H3,(H,22,26). The number of halogens is 1. The summed E-state index contributed by atoms with van der Waals surface area (Å²) in [6.07, 6.45) is 8.11. The molecule has 26 heavy (non-hydrogen) atoms. The highest BCUT2D eigenvalue weighted by Crippen LogP contribution is 2.18. The van der Waals surface area contributed by atoms with Crippen LogP contribution in [-0.2, 0) is 0 Å². The maximum absolute atomic E-state index is 12.6. The number of imidazole rings is 1. The summed E-state index contributed by atoms with van der Waals surface area (Å²) < 4.78 is 1.77. The molecular formula is C17H18ClN7O. The van der Waals surface area contributed by atoms with E-state index < -0.39 is 5.91 Å². The third kappa shape index (κ3) is 3.80. The number of rotatable bonds is 6. The third-order valence-electron chi connectivity index (χ3n) is 3.77. The van der Waals surface area contributed by atoms with Crippen LogP contribution in [0.1, 0.15) is 24.3 Å². The van der Waals surface area contributed by atoms with E-state index in [2.05, 4.69) is 25.3 Å². The molecule has 0 aliphatic heterocycles. The van der Waals surface area contributed by atoms with Gasteiger partial charge in [0, 0.05) is 25.5 Å². The number of hydrogen-bond donors (Lipinski definition) is 1. The lowest BCUT2D eigenvalue weighted by atomic mass is 10.3. The SMILES string of the molecule is CCN(CC)c1ncc(Cl)c(C(=O)Nc2ccc(-n3ccnc3)nc2)n1. The average Bonchev–Trinajstić information content (AvgIpc) is 3.19. The number of anilines is 2. The molecule has 0 aliphatic carbocycles. The zero-order valence-electron chi connectivity index (χ0n) is 14.4. The summed E-state index contributed by atoms with van der Waals surface area (Å²) in [7, 11) is 0. The van der Waals surface area contributed by atoms with Gasteiger partial charge in [0.1, 0.15) is 12.1 Å². The maximum Gasteiger partial charge on any atom is 0.276 e. The maximum atomic E-state index is 12.6. The van der Waals surface area contributed by atoms with Crippen LogP contribution < -0.4 is 10.2 Å². The molecule has 1 N–H and O–H groups in total. The third-order valence-corrected chi connectivity index (χ3v) is 4.04. The second-order valence-corrected chi connectivity index (χ2v) is 5.78. The van der Waals surface area contributed by atoms with Crippen molar-refractivity contribution in [1.82, 2.24) is 24.5 Å². The van der Waals surface area contributed by atoms with E-state index >= 15 is 0 Å². The number of hydrogen-bond acceptors (Lipinski definition) is 6. The summed E-state index contributed by atoms with van der Waals surface area (Å²) in [5.74, 6) is 0.755. The minimum Gasteiger partial charge on any atom is -0.341 e. The van der Waals surface area contributed by atoms with Gasteiger partial charge in [-0.05, 0) is 26.0 Å². The molecule has 0 bridgehead atoms. The first-order valence-electron chi connectivity index (χ1n) is 8.15. The fourth-order valence-electron chi connectivity index (χ4n) is 2.37. The molecule has 0 unspecified atom stereocenters. The van der Waals surface area contributed by atoms with Crippen LogP contribution in [0.4, 0.5) is 11.6 Å². The van der Waals surface area contributed by atoms with E-state index in [1.165, 1.54) is 6.20 Å². The predicted molar refractivity (Wildman–Crippen MR) is 99.9 cm³/mol. The molecule has 0 aliphatic rings. The van der Waals surface area contributed by atoms with Crippen molar-refractivity contribution in [3.63, 3.8) is 0 Å². The second kappa shape index (κ2) is 7.92. The van der Waals surface area contributed by atoms with Crippen molar-refractivity contribution in [2.45, 2.75) is 13.8 Å². The summed E-state index contributed by atoms with van der Waals surface area (Å²) >= 11 is 6.11. The number of nitrogens with zero attached hydrogens (tertiary/aromatic N) is 6. The number of carbonyl (C=O) groups excluding carboxylic acids is 1. The highest BCUT2D eigenvalue weighted by molar-refractivity contribution is 6.34. The summed E-state index contributed by atoms with van der Waals surface area (Å²) in [4.78, 5) is 31.3. The zero-order chi connectivity index (χ0) is 18.5. The predicted octanol–water partition coefficient (Wildman–Crippen LogP) is 2.81. The quantitative estimate of drug-likeness (QED) is 0.716. The van der Waals surface area contributed by atoms with Crippen LogP contribution in [0.25, 0.3) is 5.82 Å². The lowest BCUT2D eigenvalue weighted by Crippen LogP contribution is -2.25. The molecule has 0 saturated carbocycles. The molecule has 8 nitrogen and oxygen atoms in total. The van der Waals surface area contributed by atoms with E-state index in [4.69, 9.17) is 11.6 Å². The van der Waals surface area contributed by atoms with Gasteiger partial charge in [-0.25, -0.2) is 19.9 Å². The molecule has 3 aromatic heterocycles. The van der Waals surface area contributed by atoms with E-state index in [0.29, 0.717) is 17.5 Å². The fourth-order valence-corrected chi connectivity index (χ4v) is 2.55. The van der Waals surface area contributed by atoms with Crippen molar-refractivity contribution in [3.05, 3.63) is 54.0 Å². The van der Waals surface area contributed by atoms with Crippen LogP contribution in [0.2, 0.25) is 5.02 Å². The van der Waals surface area contributed by atoms with Crippen LogP contribution in [0.15, 0.2) is 43.2 Å². The number of carbonyl (C=O) groups is 1. The molecular weight excluding hydrogens is 354 g/mol. The zero-order valence-corrected chi connectivity index (χ0v) is 15.2. The first-order valence-corrected chi connectivity index (χ1v) is 8.53. The largest absolute Gasteiger partial charge is 0.341 e. The first kappa shape index (κ1) is 17.8. The molecule has 0 spiro atoms. The summed E-state index contributed by atoms with van der Waals surface area (Å²) in [6, 6.07) is 3.53. The van der Waals surface area contributed by atoms with Crippen LogP contribution in [0.5, 0.6) is 0 Å². The number of amides is 1. The van der Waals surface area contributed by atoms with Crippen LogP contribution in [0.3, 0.4) is 0 Å². The van der Waals surface area contributed by atoms with Gasteiger partial charge in [0.05, 0.1) is 23.1 Å². The number of aromatic nitrogens is 5. The van der Waals surface area contributed by atoms with Gasteiger partial charge in [0.15, 0.2) is 5.69 Å². The molecule has 1 amide bonds. The van der Waals surface area contributed by atoms with E-state index in [1.807, 2.05) is 18.7 Å². The minimum absolute atomic E-state index is 0.127. The van der Waals surface area contributed by atoms with Gasteiger partial charge in [-0.2, -0.15) is 0 Å². The van der Waals surface area contributed by atoms with Gasteiger partial charge >= 0.3 is 0 Å². The van der Waals surface area contributed by atoms with E-state index in [9.17, 15) is 4.79 Å². The Labute approximate surface area is 155 Å². The van der Waals surface area contributed by atoms with Crippen LogP contribution >= 0.6 is 11.6 Å². The summed E-state index contributed by atoms with van der Waals surface area (Å²) in [5, 5.41) is 2.95. The Morgan fingerprint density at radius 2 is 2.04 bits per heavy atom. The molecule has 0 fully saturated rings. The van der Waals surface area contributed by atoms with Crippen molar-refractivity contribution < 1.29 is 4.79 Å². The molecule has 0 atom stereocenters. The summed E-state index contributed by atoms with van der Waals surface area (Å²) in [6.45, 7) is 5.46. The molecule has 3 aromatic rings. The molecule has 3 heterocycles. The Hall–Kier alpha value is -3.00. The van der Waals surface area contributed by atoms with Crippen LogP contribution in [0, 0.1) is 0 Å². The Bertz CT molecular complexity index is 877. The molecule has 9 heteroatoms. The van der Waals surface area contributed by atoms with Gasteiger partial charge in [0.2, 0.25) is 5.95 Å². The smallest absolute Gasteiger partial charge is 0.276 e. The van der Waals surface area contributed by atoms with Gasteiger partial charge in [0.25, 0.3) is 5.91 Å². The highest BCUT2D eigenvalue weighted by atomic mass is 35.5. The van der Waals surface area contributed by atoms with Gasteiger partial charge in [-0.1, -0.05) is 11.6 Å². The van der Waals surface area contributed by atoms with Crippen molar-refractivity contribution in [1.29, 1.82) is 0 Å². The van der Waals surface area contributed by atoms with Gasteiger partial charge < -0.3 is 10.2 Å². The monoisotopic (exact) mass is 371 g/mol. The fraction of sp³-hybridized carbons (Fsp3) is 0.235. The van der Waals surface area contributed by atoms with Crippen LogP contribution in [-0.4, -0.2) is 43.5 Å². The Morgan fingerprint density at radius 3 is 2.65 bits per heavy atom. The van der Waals surface area contributed by atoms with E-state index in [-0.39, 0.29) is 10.7 Å². The number of nitrogens with one attached hydrogen (secondary N) is 1. The molecule has 3 rings (SSSR count). The van der Waals surface area contributed by atoms with Gasteiger partial charge in [-0.3, -0.25) is 9.36 Å². The highest BCUT2D eigenvalue weighted by Gasteiger charge is 2.16. The van der Waals surface area contributed by atoms with E-state index in [0.717, 1.165) is 13.1 Å². The lowest BCUT2D eigenvalue weighted by Gasteiger charge is -2.19. The number of pyridine rings is 1. The Balaban J connectivity index is 1.78. The summed E-state index contributed by atoms with van der Waals surface area (Å²) in [5.41, 5.74) is 0.667. The normalized spacial score (nSPS) is 10.6. The Kier molecular flexibility index (Phi) is 5.43. The Morgan fingerprint density at radius 1 is 1.23 bits per heavy atom. The minimum atomic E-state index is -0.414. The van der Waals surface area contributed by atoms with Crippen molar-refractivity contribution in [3.8, 4) is 5.82 Å². The second-order valence-electron chi connectivity index (χ2n) is 5.37. The van der Waals surface area contributed by atoms with Crippen molar-refractivity contribution in [2.24, 2.45) is 0 Å². The topological polar surface area (TPSA) is 88.8 Å².